The summed E-state index contributed by atoms with van der Waals surface area (Å²) in [5.74, 6) is 0.562. The lowest BCUT2D eigenvalue weighted by atomic mass is 9.98. The van der Waals surface area contributed by atoms with Crippen molar-refractivity contribution in [2.45, 2.75) is 27.2 Å². The van der Waals surface area contributed by atoms with Crippen LogP contribution in [0.1, 0.15) is 27.2 Å². The Bertz CT molecular complexity index is 244. The average Bonchev–Trinajstić information content (AvgIpc) is 2.34. The van der Waals surface area contributed by atoms with Crippen molar-refractivity contribution in [1.29, 1.82) is 0 Å². The molecule has 0 unspecified atom stereocenters. The fraction of sp³-hybridized carbons (Fsp3) is 0.545. The monoisotopic (exact) mass is 163 g/mol. The minimum atomic E-state index is 0.562. The molecule has 0 amide bonds. The second-order valence-electron chi connectivity index (χ2n) is 3.58. The van der Waals surface area contributed by atoms with Crippen molar-refractivity contribution in [3.63, 3.8) is 0 Å². The second kappa shape index (κ2) is 3.70. The van der Waals surface area contributed by atoms with Gasteiger partial charge in [-0.05, 0) is 30.4 Å². The largest absolute Gasteiger partial charge is 0.285 e. The van der Waals surface area contributed by atoms with Crippen LogP contribution >= 0.6 is 0 Å². The van der Waals surface area contributed by atoms with Crippen LogP contribution < -0.4 is 0 Å². The third-order valence-electron chi connectivity index (χ3n) is 2.29. The molecule has 1 aliphatic rings. The SMILES string of the molecule is C=CCC1=C(C)C(C(C)C)=NC1. The number of nitrogens with zero attached hydrogens (tertiary/aromatic N) is 1. The second-order valence-corrected chi connectivity index (χ2v) is 3.58. The van der Waals surface area contributed by atoms with Gasteiger partial charge in [-0.15, -0.1) is 6.58 Å². The van der Waals surface area contributed by atoms with Gasteiger partial charge in [-0.3, -0.25) is 4.99 Å². The lowest BCUT2D eigenvalue weighted by Crippen LogP contribution is -2.06. The number of aliphatic imine (C=N–C) groups is 1. The Morgan fingerprint density at radius 1 is 1.58 bits per heavy atom. The van der Waals surface area contributed by atoms with Gasteiger partial charge in [0.25, 0.3) is 0 Å². The van der Waals surface area contributed by atoms with E-state index in [-0.39, 0.29) is 0 Å². The summed E-state index contributed by atoms with van der Waals surface area (Å²) in [5.41, 5.74) is 4.12. The molecule has 0 aromatic rings. The number of hydrogen-bond acceptors (Lipinski definition) is 1. The van der Waals surface area contributed by atoms with Gasteiger partial charge in [0.1, 0.15) is 0 Å². The molecule has 1 heterocycles. The molecule has 0 aliphatic carbocycles. The van der Waals surface area contributed by atoms with E-state index >= 15 is 0 Å². The summed E-state index contributed by atoms with van der Waals surface area (Å²) in [4.78, 5) is 4.51. The molecule has 0 spiro atoms. The smallest absolute Gasteiger partial charge is 0.0612 e. The summed E-state index contributed by atoms with van der Waals surface area (Å²) in [6.07, 6.45) is 2.95. The summed E-state index contributed by atoms with van der Waals surface area (Å²) >= 11 is 0. The predicted molar refractivity (Wildman–Crippen MR) is 54.7 cm³/mol. The zero-order valence-corrected chi connectivity index (χ0v) is 8.22. The maximum absolute atomic E-state index is 4.51. The van der Waals surface area contributed by atoms with Crippen molar-refractivity contribution in [1.82, 2.24) is 0 Å². The minimum Gasteiger partial charge on any atom is -0.285 e. The van der Waals surface area contributed by atoms with Crippen molar-refractivity contribution in [3.8, 4) is 0 Å². The zero-order chi connectivity index (χ0) is 9.14. The summed E-state index contributed by atoms with van der Waals surface area (Å²) in [6.45, 7) is 11.2. The van der Waals surface area contributed by atoms with E-state index in [0.29, 0.717) is 5.92 Å². The molecule has 0 fully saturated rings. The minimum absolute atomic E-state index is 0.562. The van der Waals surface area contributed by atoms with Crippen molar-refractivity contribution in [2.24, 2.45) is 10.9 Å². The van der Waals surface area contributed by atoms with Gasteiger partial charge < -0.3 is 0 Å². The van der Waals surface area contributed by atoms with Gasteiger partial charge in [0.05, 0.1) is 6.54 Å². The fourth-order valence-electron chi connectivity index (χ4n) is 1.61. The van der Waals surface area contributed by atoms with Crippen LogP contribution in [0.4, 0.5) is 0 Å². The van der Waals surface area contributed by atoms with Crippen LogP contribution in [0, 0.1) is 5.92 Å². The summed E-state index contributed by atoms with van der Waals surface area (Å²) in [5, 5.41) is 0. The Labute approximate surface area is 74.9 Å². The van der Waals surface area contributed by atoms with Crippen LogP contribution in [-0.4, -0.2) is 12.3 Å². The van der Waals surface area contributed by atoms with E-state index in [2.05, 4.69) is 32.3 Å². The van der Waals surface area contributed by atoms with Crippen LogP contribution in [0.25, 0.3) is 0 Å². The van der Waals surface area contributed by atoms with E-state index in [1.807, 2.05) is 6.08 Å². The van der Waals surface area contributed by atoms with Crippen molar-refractivity contribution >= 4 is 5.71 Å². The van der Waals surface area contributed by atoms with Crippen LogP contribution in [0.3, 0.4) is 0 Å². The van der Waals surface area contributed by atoms with Crippen molar-refractivity contribution < 1.29 is 0 Å². The molecule has 66 valence electrons. The molecule has 0 saturated heterocycles. The molecule has 1 aliphatic heterocycles. The van der Waals surface area contributed by atoms with Crippen LogP contribution in [0.2, 0.25) is 0 Å². The molecule has 12 heavy (non-hydrogen) atoms. The maximum Gasteiger partial charge on any atom is 0.0612 e. The van der Waals surface area contributed by atoms with Crippen molar-refractivity contribution in [2.75, 3.05) is 6.54 Å². The molecule has 0 bridgehead atoms. The highest BCUT2D eigenvalue weighted by Crippen LogP contribution is 2.21. The lowest BCUT2D eigenvalue weighted by molar-refractivity contribution is 0.882. The van der Waals surface area contributed by atoms with Gasteiger partial charge in [-0.2, -0.15) is 0 Å². The Balaban J connectivity index is 2.78. The third kappa shape index (κ3) is 1.66. The molecule has 0 atom stereocenters. The van der Waals surface area contributed by atoms with Gasteiger partial charge in [0.15, 0.2) is 0 Å². The van der Waals surface area contributed by atoms with Crippen molar-refractivity contribution in [3.05, 3.63) is 23.8 Å². The Hall–Kier alpha value is -0.850. The molecule has 1 nitrogen and oxygen atoms in total. The van der Waals surface area contributed by atoms with Crippen LogP contribution in [-0.2, 0) is 0 Å². The first-order valence-corrected chi connectivity index (χ1v) is 4.51. The Morgan fingerprint density at radius 3 is 2.67 bits per heavy atom. The first-order chi connectivity index (χ1) is 5.66. The van der Waals surface area contributed by atoms with Crippen LogP contribution in [0.15, 0.2) is 28.8 Å². The summed E-state index contributed by atoms with van der Waals surface area (Å²) in [6, 6.07) is 0. The standard InChI is InChI=1S/C11H17N/c1-5-6-10-7-12-11(8(2)3)9(10)4/h5,8H,1,6-7H2,2-4H3. The molecule has 0 N–H and O–H groups in total. The number of hydrogen-bond donors (Lipinski definition) is 0. The molecule has 1 heteroatoms. The van der Waals surface area contributed by atoms with Crippen LogP contribution in [0.5, 0.6) is 0 Å². The quantitative estimate of drug-likeness (QED) is 0.567. The fourth-order valence-corrected chi connectivity index (χ4v) is 1.61. The molecular formula is C11H17N. The molecule has 0 saturated carbocycles. The van der Waals surface area contributed by atoms with Gasteiger partial charge in [-0.1, -0.05) is 19.9 Å². The predicted octanol–water partition coefficient (Wildman–Crippen LogP) is 2.99. The molecule has 0 radical (unpaired) electrons. The summed E-state index contributed by atoms with van der Waals surface area (Å²) in [7, 11) is 0. The average molecular weight is 163 g/mol. The highest BCUT2D eigenvalue weighted by molar-refractivity contribution is 6.03. The molecular weight excluding hydrogens is 146 g/mol. The van der Waals surface area contributed by atoms with E-state index < -0.39 is 0 Å². The molecule has 1 rings (SSSR count). The maximum atomic E-state index is 4.51. The highest BCUT2D eigenvalue weighted by atomic mass is 14.8. The van der Waals surface area contributed by atoms with Gasteiger partial charge in [0.2, 0.25) is 0 Å². The Morgan fingerprint density at radius 2 is 2.25 bits per heavy atom. The van der Waals surface area contributed by atoms with E-state index in [1.165, 1.54) is 16.9 Å². The van der Waals surface area contributed by atoms with Gasteiger partial charge in [-0.25, -0.2) is 0 Å². The van der Waals surface area contributed by atoms with Gasteiger partial charge >= 0.3 is 0 Å². The highest BCUT2D eigenvalue weighted by Gasteiger charge is 2.16. The number of rotatable bonds is 3. The third-order valence-corrected chi connectivity index (χ3v) is 2.29. The topological polar surface area (TPSA) is 12.4 Å². The summed E-state index contributed by atoms with van der Waals surface area (Å²) < 4.78 is 0. The number of allylic oxidation sites excluding steroid dienone is 2. The van der Waals surface area contributed by atoms with E-state index in [1.54, 1.807) is 0 Å². The van der Waals surface area contributed by atoms with Gasteiger partial charge in [0, 0.05) is 5.71 Å². The Kier molecular flexibility index (Phi) is 2.85. The first kappa shape index (κ1) is 9.24. The van der Waals surface area contributed by atoms with E-state index in [4.69, 9.17) is 0 Å². The first-order valence-electron chi connectivity index (χ1n) is 4.51. The van der Waals surface area contributed by atoms with E-state index in [9.17, 15) is 0 Å². The van der Waals surface area contributed by atoms with E-state index in [0.717, 1.165) is 13.0 Å². The molecule has 0 aromatic heterocycles. The lowest BCUT2D eigenvalue weighted by Gasteiger charge is -2.06. The molecule has 0 aromatic carbocycles. The zero-order valence-electron chi connectivity index (χ0n) is 8.22. The normalized spacial score (nSPS) is 17.2.